The Morgan fingerprint density at radius 2 is 1.96 bits per heavy atom. The Bertz CT molecular complexity index is 753. The molecule has 124 valence electrons. The lowest BCUT2D eigenvalue weighted by molar-refractivity contribution is 0.0533. The lowest BCUT2D eigenvalue weighted by atomic mass is 10.1. The number of nitrogens with zero attached hydrogens (tertiary/aromatic N) is 2. The highest BCUT2D eigenvalue weighted by Crippen LogP contribution is 2.28. The van der Waals surface area contributed by atoms with E-state index in [9.17, 15) is 4.79 Å². The van der Waals surface area contributed by atoms with Crippen LogP contribution in [0.5, 0.6) is 5.75 Å². The van der Waals surface area contributed by atoms with E-state index in [1.807, 2.05) is 43.3 Å². The van der Waals surface area contributed by atoms with Gasteiger partial charge in [0, 0.05) is 25.9 Å². The van der Waals surface area contributed by atoms with Gasteiger partial charge in [-0.15, -0.1) is 0 Å². The maximum absolute atomic E-state index is 11.6. The predicted molar refractivity (Wildman–Crippen MR) is 90.4 cm³/mol. The molecule has 5 nitrogen and oxygen atoms in total. The summed E-state index contributed by atoms with van der Waals surface area (Å²) >= 11 is 0. The number of aromatic nitrogens is 1. The molecule has 5 heteroatoms. The van der Waals surface area contributed by atoms with Crippen LogP contribution in [-0.2, 0) is 11.3 Å². The number of carbonyl (C=O) groups excluding carboxylic acids is 1. The van der Waals surface area contributed by atoms with Crippen LogP contribution in [0.3, 0.4) is 0 Å². The van der Waals surface area contributed by atoms with Crippen molar-refractivity contribution in [2.24, 2.45) is 0 Å². The first-order chi connectivity index (χ1) is 11.7. The zero-order valence-electron chi connectivity index (χ0n) is 13.7. The van der Waals surface area contributed by atoms with Crippen LogP contribution < -0.4 is 9.64 Å². The summed E-state index contributed by atoms with van der Waals surface area (Å²) in [5.41, 5.74) is 2.39. The molecule has 0 saturated carbocycles. The Labute approximate surface area is 141 Å². The summed E-state index contributed by atoms with van der Waals surface area (Å²) in [5.74, 6) is 1.63. The lowest BCUT2D eigenvalue weighted by Crippen LogP contribution is -2.39. The van der Waals surface area contributed by atoms with E-state index >= 15 is 0 Å². The Balaban J connectivity index is 1.44. The summed E-state index contributed by atoms with van der Waals surface area (Å²) in [7, 11) is 0. The van der Waals surface area contributed by atoms with Gasteiger partial charge in [-0.2, -0.15) is 0 Å². The largest absolute Gasteiger partial charge is 0.490 e. The summed E-state index contributed by atoms with van der Waals surface area (Å²) in [6.45, 7) is 4.09. The van der Waals surface area contributed by atoms with Crippen molar-refractivity contribution >= 4 is 11.8 Å². The SMILES string of the molecule is Cc1cc2c(nc1N1CCC(Oc3ccccc3)CC1)COC2=O. The van der Waals surface area contributed by atoms with Gasteiger partial charge in [0.05, 0.1) is 11.3 Å². The predicted octanol–water partition coefficient (Wildman–Crippen LogP) is 3.11. The summed E-state index contributed by atoms with van der Waals surface area (Å²) in [6, 6.07) is 11.9. The molecule has 0 spiro atoms. The number of anilines is 1. The van der Waals surface area contributed by atoms with Gasteiger partial charge in [0.2, 0.25) is 0 Å². The Morgan fingerprint density at radius 1 is 1.21 bits per heavy atom. The number of esters is 1. The van der Waals surface area contributed by atoms with Crippen molar-refractivity contribution in [2.45, 2.75) is 32.5 Å². The summed E-state index contributed by atoms with van der Waals surface area (Å²) in [4.78, 5) is 18.6. The standard InChI is InChI=1S/C19H20N2O3/c1-13-11-16-17(12-23-19(16)22)20-18(13)21-9-7-15(8-10-21)24-14-5-3-2-4-6-14/h2-6,11,15H,7-10,12H2,1H3. The van der Waals surface area contributed by atoms with E-state index in [1.165, 1.54) is 0 Å². The maximum atomic E-state index is 11.6. The van der Waals surface area contributed by atoms with Gasteiger partial charge in [-0.25, -0.2) is 9.78 Å². The third kappa shape index (κ3) is 2.82. The first-order valence-corrected chi connectivity index (χ1v) is 8.35. The van der Waals surface area contributed by atoms with E-state index in [0.29, 0.717) is 5.56 Å². The number of piperidine rings is 1. The lowest BCUT2D eigenvalue weighted by Gasteiger charge is -2.33. The summed E-state index contributed by atoms with van der Waals surface area (Å²) in [5, 5.41) is 0. The van der Waals surface area contributed by atoms with Crippen molar-refractivity contribution in [3.63, 3.8) is 0 Å². The van der Waals surface area contributed by atoms with Crippen molar-refractivity contribution in [3.05, 3.63) is 53.2 Å². The highest BCUT2D eigenvalue weighted by atomic mass is 16.5. The molecular formula is C19H20N2O3. The molecule has 1 fully saturated rings. The van der Waals surface area contributed by atoms with Crippen molar-refractivity contribution in [2.75, 3.05) is 18.0 Å². The fourth-order valence-corrected chi connectivity index (χ4v) is 3.34. The second-order valence-corrected chi connectivity index (χ2v) is 6.32. The van der Waals surface area contributed by atoms with Gasteiger partial charge in [0.15, 0.2) is 0 Å². The Hall–Kier alpha value is -2.56. The maximum Gasteiger partial charge on any atom is 0.340 e. The Morgan fingerprint density at radius 3 is 2.71 bits per heavy atom. The molecule has 4 rings (SSSR count). The number of fused-ring (bicyclic) bond motifs is 1. The summed E-state index contributed by atoms with van der Waals surface area (Å²) < 4.78 is 11.1. The molecule has 0 aliphatic carbocycles. The molecule has 3 heterocycles. The van der Waals surface area contributed by atoms with Gasteiger partial charge >= 0.3 is 5.97 Å². The van der Waals surface area contributed by atoms with Crippen LogP contribution in [-0.4, -0.2) is 30.1 Å². The van der Waals surface area contributed by atoms with E-state index in [-0.39, 0.29) is 18.7 Å². The number of para-hydroxylation sites is 1. The van der Waals surface area contributed by atoms with Crippen LogP contribution in [0.15, 0.2) is 36.4 Å². The summed E-state index contributed by atoms with van der Waals surface area (Å²) in [6.07, 6.45) is 2.16. The highest BCUT2D eigenvalue weighted by molar-refractivity contribution is 5.93. The molecule has 1 aromatic heterocycles. The average Bonchev–Trinajstić information content (AvgIpc) is 2.96. The van der Waals surface area contributed by atoms with Crippen molar-refractivity contribution in [3.8, 4) is 5.75 Å². The van der Waals surface area contributed by atoms with Gasteiger partial charge in [-0.1, -0.05) is 18.2 Å². The number of hydrogen-bond acceptors (Lipinski definition) is 5. The topological polar surface area (TPSA) is 51.7 Å². The molecule has 0 N–H and O–H groups in total. The minimum atomic E-state index is -0.262. The minimum Gasteiger partial charge on any atom is -0.490 e. The second kappa shape index (κ2) is 6.15. The number of benzene rings is 1. The molecule has 2 aliphatic rings. The van der Waals surface area contributed by atoms with Crippen molar-refractivity contribution in [1.82, 2.24) is 4.98 Å². The third-order valence-electron chi connectivity index (χ3n) is 4.61. The average molecular weight is 324 g/mol. The Kier molecular flexibility index (Phi) is 3.84. The number of aryl methyl sites for hydroxylation is 1. The van der Waals surface area contributed by atoms with Crippen LogP contribution in [0.2, 0.25) is 0 Å². The number of ether oxygens (including phenoxy) is 2. The number of pyridine rings is 1. The number of carbonyl (C=O) groups is 1. The molecular weight excluding hydrogens is 304 g/mol. The fourth-order valence-electron chi connectivity index (χ4n) is 3.34. The van der Waals surface area contributed by atoms with Crippen LogP contribution in [0, 0.1) is 6.92 Å². The molecule has 1 aromatic carbocycles. The first kappa shape index (κ1) is 15.0. The molecule has 0 amide bonds. The molecule has 0 bridgehead atoms. The molecule has 1 saturated heterocycles. The zero-order chi connectivity index (χ0) is 16.5. The fraction of sp³-hybridized carbons (Fsp3) is 0.368. The monoisotopic (exact) mass is 324 g/mol. The minimum absolute atomic E-state index is 0.239. The third-order valence-corrected chi connectivity index (χ3v) is 4.61. The molecule has 2 aromatic rings. The number of cyclic esters (lactones) is 1. The molecule has 2 aliphatic heterocycles. The number of rotatable bonds is 3. The highest BCUT2D eigenvalue weighted by Gasteiger charge is 2.27. The van der Waals surface area contributed by atoms with E-state index in [2.05, 4.69) is 9.88 Å². The van der Waals surface area contributed by atoms with Crippen molar-refractivity contribution < 1.29 is 14.3 Å². The smallest absolute Gasteiger partial charge is 0.340 e. The van der Waals surface area contributed by atoms with Gasteiger partial charge in [-0.05, 0) is 30.7 Å². The van der Waals surface area contributed by atoms with E-state index in [1.54, 1.807) is 0 Å². The van der Waals surface area contributed by atoms with Gasteiger partial charge < -0.3 is 14.4 Å². The van der Waals surface area contributed by atoms with Crippen LogP contribution >= 0.6 is 0 Å². The van der Waals surface area contributed by atoms with Crippen LogP contribution in [0.4, 0.5) is 5.82 Å². The number of hydrogen-bond donors (Lipinski definition) is 0. The first-order valence-electron chi connectivity index (χ1n) is 8.35. The van der Waals surface area contributed by atoms with Gasteiger partial charge in [0.1, 0.15) is 24.3 Å². The molecule has 0 unspecified atom stereocenters. The zero-order valence-corrected chi connectivity index (χ0v) is 13.7. The van der Waals surface area contributed by atoms with Gasteiger partial charge in [-0.3, -0.25) is 0 Å². The molecule has 0 radical (unpaired) electrons. The normalized spacial score (nSPS) is 17.5. The van der Waals surface area contributed by atoms with E-state index < -0.39 is 0 Å². The van der Waals surface area contributed by atoms with Crippen molar-refractivity contribution in [1.29, 1.82) is 0 Å². The molecule has 24 heavy (non-hydrogen) atoms. The van der Waals surface area contributed by atoms with E-state index in [0.717, 1.165) is 48.8 Å². The van der Waals surface area contributed by atoms with E-state index in [4.69, 9.17) is 9.47 Å². The second-order valence-electron chi connectivity index (χ2n) is 6.32. The van der Waals surface area contributed by atoms with Gasteiger partial charge in [0.25, 0.3) is 0 Å². The van der Waals surface area contributed by atoms with Crippen LogP contribution in [0.1, 0.15) is 34.5 Å². The molecule has 0 atom stereocenters. The van der Waals surface area contributed by atoms with Crippen LogP contribution in [0.25, 0.3) is 0 Å². The quantitative estimate of drug-likeness (QED) is 0.812.